The molecule has 0 aliphatic carbocycles. The summed E-state index contributed by atoms with van der Waals surface area (Å²) in [5.74, 6) is 0.489. The normalized spacial score (nSPS) is 15.2. The second kappa shape index (κ2) is 10.4. The van der Waals surface area contributed by atoms with E-state index in [2.05, 4.69) is 51.3 Å². The summed E-state index contributed by atoms with van der Waals surface area (Å²) in [4.78, 5) is 17.9. The lowest BCUT2D eigenvalue weighted by atomic mass is 9.91. The first kappa shape index (κ1) is 23.2. The number of fused-ring (bicyclic) bond motifs is 1. The molecule has 35 heavy (non-hydrogen) atoms. The summed E-state index contributed by atoms with van der Waals surface area (Å²) in [6, 6.07) is 18.5. The van der Waals surface area contributed by atoms with Crippen molar-refractivity contribution in [3.8, 4) is 11.5 Å². The van der Waals surface area contributed by atoms with E-state index in [0.717, 1.165) is 41.3 Å². The van der Waals surface area contributed by atoms with Crippen LogP contribution in [0.5, 0.6) is 0 Å². The van der Waals surface area contributed by atoms with Crippen LogP contribution in [0.1, 0.15) is 49.1 Å². The Balaban J connectivity index is 1.37. The number of aliphatic carboxylic acids is 1. The van der Waals surface area contributed by atoms with Gasteiger partial charge in [0.1, 0.15) is 0 Å². The van der Waals surface area contributed by atoms with Gasteiger partial charge in [-0.3, -0.25) is 14.7 Å². The maximum Gasteiger partial charge on any atom is 0.309 e. The summed E-state index contributed by atoms with van der Waals surface area (Å²) in [5, 5.41) is 18.9. The fourth-order valence-corrected chi connectivity index (χ4v) is 4.86. The van der Waals surface area contributed by atoms with Gasteiger partial charge in [0.2, 0.25) is 11.8 Å². The second-order valence-corrected chi connectivity index (χ2v) is 9.36. The third kappa shape index (κ3) is 5.10. The lowest BCUT2D eigenvalue weighted by molar-refractivity contribution is -0.147. The number of likely N-dealkylation sites (tertiary alicyclic amines) is 1. The van der Waals surface area contributed by atoms with Crippen LogP contribution in [-0.2, 0) is 17.8 Å². The first-order valence-electron chi connectivity index (χ1n) is 12.3. The smallest absolute Gasteiger partial charge is 0.309 e. The van der Waals surface area contributed by atoms with Gasteiger partial charge in [0.15, 0.2) is 0 Å². The molecular weight excluding hydrogens is 440 g/mol. The van der Waals surface area contributed by atoms with E-state index >= 15 is 0 Å². The maximum atomic E-state index is 11.1. The van der Waals surface area contributed by atoms with Crippen LogP contribution >= 0.6 is 0 Å². The second-order valence-electron chi connectivity index (χ2n) is 9.36. The van der Waals surface area contributed by atoms with E-state index in [4.69, 9.17) is 9.52 Å². The van der Waals surface area contributed by atoms with Crippen molar-refractivity contribution in [2.75, 3.05) is 13.1 Å². The molecule has 2 aromatic heterocycles. The summed E-state index contributed by atoms with van der Waals surface area (Å²) < 4.78 is 6.18. The van der Waals surface area contributed by atoms with E-state index in [1.165, 1.54) is 5.56 Å². The predicted molar refractivity (Wildman–Crippen MR) is 134 cm³/mol. The molecule has 3 heterocycles. The number of carboxylic acid groups (broad SMARTS) is 1. The standard InChI is InChI=1S/C28H30N4O3/c1-2-3-8-20(19-9-5-4-6-10-19)15-25-30-31-27(35-25)24-13-12-21(26-23(24)11-7-14-29-26)16-32-17-22(18-32)28(33)34/h4-7,9-14,20,22H,2-3,8,15-18H2,1H3,(H,33,34). The molecule has 1 N–H and O–H groups in total. The number of rotatable bonds is 10. The summed E-state index contributed by atoms with van der Waals surface area (Å²) in [6.07, 6.45) is 5.88. The molecule has 5 rings (SSSR count). The van der Waals surface area contributed by atoms with E-state index in [0.29, 0.717) is 43.8 Å². The van der Waals surface area contributed by atoms with Gasteiger partial charge in [-0.25, -0.2) is 0 Å². The Labute approximate surface area is 204 Å². The van der Waals surface area contributed by atoms with Gasteiger partial charge >= 0.3 is 5.97 Å². The van der Waals surface area contributed by atoms with Crippen LogP contribution in [-0.4, -0.2) is 44.2 Å². The molecule has 1 aliphatic heterocycles. The molecular formula is C28H30N4O3. The molecule has 7 heteroatoms. The lowest BCUT2D eigenvalue weighted by Crippen LogP contribution is -2.49. The van der Waals surface area contributed by atoms with E-state index < -0.39 is 5.97 Å². The Hall–Kier alpha value is -3.58. The number of carbonyl (C=O) groups is 1. The predicted octanol–water partition coefficient (Wildman–Crippen LogP) is 5.32. The summed E-state index contributed by atoms with van der Waals surface area (Å²) in [6.45, 7) is 4.02. The van der Waals surface area contributed by atoms with Crippen molar-refractivity contribution in [2.45, 2.75) is 45.1 Å². The van der Waals surface area contributed by atoms with Crippen molar-refractivity contribution < 1.29 is 14.3 Å². The lowest BCUT2D eigenvalue weighted by Gasteiger charge is -2.36. The van der Waals surface area contributed by atoms with Crippen LogP contribution in [0.3, 0.4) is 0 Å². The summed E-state index contributed by atoms with van der Waals surface area (Å²) in [5.41, 5.74) is 4.12. The number of hydrogen-bond acceptors (Lipinski definition) is 6. The number of pyridine rings is 1. The van der Waals surface area contributed by atoms with E-state index in [-0.39, 0.29) is 5.92 Å². The minimum absolute atomic E-state index is 0.276. The third-order valence-corrected chi connectivity index (χ3v) is 6.85. The van der Waals surface area contributed by atoms with Gasteiger partial charge in [0, 0.05) is 43.2 Å². The molecule has 0 amide bonds. The van der Waals surface area contributed by atoms with Gasteiger partial charge in [0.05, 0.1) is 11.4 Å². The van der Waals surface area contributed by atoms with Crippen LogP contribution in [0.15, 0.2) is 65.2 Å². The van der Waals surface area contributed by atoms with Gasteiger partial charge in [0.25, 0.3) is 0 Å². The van der Waals surface area contributed by atoms with E-state index in [1.54, 1.807) is 6.20 Å². The first-order valence-corrected chi connectivity index (χ1v) is 12.3. The zero-order valence-electron chi connectivity index (χ0n) is 19.9. The number of aromatic nitrogens is 3. The highest BCUT2D eigenvalue weighted by molar-refractivity contribution is 5.94. The monoisotopic (exact) mass is 470 g/mol. The quantitative estimate of drug-likeness (QED) is 0.335. The number of carboxylic acids is 1. The third-order valence-electron chi connectivity index (χ3n) is 6.85. The average molecular weight is 471 g/mol. The molecule has 0 radical (unpaired) electrons. The van der Waals surface area contributed by atoms with Crippen LogP contribution in [0.2, 0.25) is 0 Å². The number of benzene rings is 2. The van der Waals surface area contributed by atoms with Crippen LogP contribution in [0.4, 0.5) is 0 Å². The van der Waals surface area contributed by atoms with Crippen molar-refractivity contribution in [3.63, 3.8) is 0 Å². The summed E-state index contributed by atoms with van der Waals surface area (Å²) in [7, 11) is 0. The zero-order valence-corrected chi connectivity index (χ0v) is 19.9. The van der Waals surface area contributed by atoms with Crippen molar-refractivity contribution in [3.05, 3.63) is 77.8 Å². The molecule has 1 atom stereocenters. The Morgan fingerprint density at radius 3 is 2.71 bits per heavy atom. The molecule has 0 spiro atoms. The minimum atomic E-state index is -0.726. The Morgan fingerprint density at radius 2 is 1.94 bits per heavy atom. The molecule has 1 fully saturated rings. The Morgan fingerprint density at radius 1 is 1.11 bits per heavy atom. The topological polar surface area (TPSA) is 92.4 Å². The minimum Gasteiger partial charge on any atom is -0.481 e. The SMILES string of the molecule is CCCCC(Cc1nnc(-c2ccc(CN3CC(C(=O)O)C3)c3ncccc23)o1)c1ccccc1. The molecule has 7 nitrogen and oxygen atoms in total. The van der Waals surface area contributed by atoms with Gasteiger partial charge in [-0.2, -0.15) is 0 Å². The zero-order chi connectivity index (χ0) is 24.2. The first-order chi connectivity index (χ1) is 17.1. The molecule has 0 saturated carbocycles. The molecule has 180 valence electrons. The largest absolute Gasteiger partial charge is 0.481 e. The van der Waals surface area contributed by atoms with Crippen molar-refractivity contribution in [1.29, 1.82) is 0 Å². The highest BCUT2D eigenvalue weighted by atomic mass is 16.4. The number of unbranched alkanes of at least 4 members (excludes halogenated alkanes) is 1. The van der Waals surface area contributed by atoms with Crippen LogP contribution in [0.25, 0.3) is 22.4 Å². The Kier molecular flexibility index (Phi) is 6.86. The molecule has 0 bridgehead atoms. The van der Waals surface area contributed by atoms with Crippen LogP contribution < -0.4 is 0 Å². The maximum absolute atomic E-state index is 11.1. The van der Waals surface area contributed by atoms with Gasteiger partial charge in [-0.15, -0.1) is 10.2 Å². The fourth-order valence-electron chi connectivity index (χ4n) is 4.86. The van der Waals surface area contributed by atoms with Gasteiger partial charge < -0.3 is 9.52 Å². The van der Waals surface area contributed by atoms with Gasteiger partial charge in [-0.05, 0) is 35.6 Å². The average Bonchev–Trinajstić information content (AvgIpc) is 3.32. The Bertz CT molecular complexity index is 1300. The van der Waals surface area contributed by atoms with Gasteiger partial charge in [-0.1, -0.05) is 62.2 Å². The molecule has 1 aliphatic rings. The highest BCUT2D eigenvalue weighted by Gasteiger charge is 2.32. The van der Waals surface area contributed by atoms with E-state index in [1.807, 2.05) is 30.3 Å². The molecule has 1 unspecified atom stereocenters. The molecule has 1 saturated heterocycles. The highest BCUT2D eigenvalue weighted by Crippen LogP contribution is 2.32. The number of nitrogens with zero attached hydrogens (tertiary/aromatic N) is 4. The van der Waals surface area contributed by atoms with Crippen molar-refractivity contribution in [1.82, 2.24) is 20.1 Å². The van der Waals surface area contributed by atoms with E-state index in [9.17, 15) is 4.79 Å². The molecule has 4 aromatic rings. The van der Waals surface area contributed by atoms with Crippen LogP contribution in [0, 0.1) is 5.92 Å². The molecule has 2 aromatic carbocycles. The summed E-state index contributed by atoms with van der Waals surface area (Å²) >= 11 is 0. The van der Waals surface area contributed by atoms with Crippen molar-refractivity contribution >= 4 is 16.9 Å². The van der Waals surface area contributed by atoms with Crippen molar-refractivity contribution in [2.24, 2.45) is 5.92 Å². The fraction of sp³-hybridized carbons (Fsp3) is 0.357. The number of hydrogen-bond donors (Lipinski definition) is 1.